The molecule has 1 rings (SSSR count). The average molecular weight is 170 g/mol. The van der Waals surface area contributed by atoms with Crippen LogP contribution < -0.4 is 5.73 Å². The van der Waals surface area contributed by atoms with Gasteiger partial charge in [0, 0.05) is 6.42 Å². The number of rotatable bonds is 3. The Morgan fingerprint density at radius 3 is 2.92 bits per heavy atom. The quantitative estimate of drug-likeness (QED) is 0.502. The van der Waals surface area contributed by atoms with E-state index in [0.29, 0.717) is 5.69 Å². The SMILES string of the molecule is Nc1nncc(C[C@H](O)CO)n1. The summed E-state index contributed by atoms with van der Waals surface area (Å²) in [6.45, 7) is -0.302. The van der Waals surface area contributed by atoms with Gasteiger partial charge in [-0.1, -0.05) is 0 Å². The van der Waals surface area contributed by atoms with Crippen LogP contribution >= 0.6 is 0 Å². The lowest BCUT2D eigenvalue weighted by Crippen LogP contribution is -2.16. The second kappa shape index (κ2) is 3.93. The summed E-state index contributed by atoms with van der Waals surface area (Å²) >= 11 is 0. The van der Waals surface area contributed by atoms with Gasteiger partial charge in [-0.3, -0.25) is 0 Å². The van der Waals surface area contributed by atoms with Gasteiger partial charge in [0.1, 0.15) is 0 Å². The third-order valence-electron chi connectivity index (χ3n) is 1.28. The average Bonchev–Trinajstić information content (AvgIpc) is 2.04. The molecule has 1 atom stereocenters. The highest BCUT2D eigenvalue weighted by Gasteiger charge is 2.05. The summed E-state index contributed by atoms with van der Waals surface area (Å²) in [7, 11) is 0. The molecule has 0 saturated carbocycles. The molecule has 0 saturated heterocycles. The first-order chi connectivity index (χ1) is 5.72. The molecule has 1 aromatic rings. The highest BCUT2D eigenvalue weighted by atomic mass is 16.3. The summed E-state index contributed by atoms with van der Waals surface area (Å²) in [5.74, 6) is 0.0673. The van der Waals surface area contributed by atoms with E-state index < -0.39 is 6.10 Å². The van der Waals surface area contributed by atoms with E-state index in [4.69, 9.17) is 15.9 Å². The Morgan fingerprint density at radius 1 is 1.58 bits per heavy atom. The largest absolute Gasteiger partial charge is 0.394 e. The molecule has 12 heavy (non-hydrogen) atoms. The third-order valence-corrected chi connectivity index (χ3v) is 1.28. The van der Waals surface area contributed by atoms with Crippen molar-refractivity contribution >= 4 is 5.95 Å². The van der Waals surface area contributed by atoms with Crippen molar-refractivity contribution in [3.8, 4) is 0 Å². The number of anilines is 1. The number of hydrogen-bond acceptors (Lipinski definition) is 6. The zero-order valence-corrected chi connectivity index (χ0v) is 6.38. The molecule has 0 bridgehead atoms. The molecule has 4 N–H and O–H groups in total. The smallest absolute Gasteiger partial charge is 0.240 e. The zero-order chi connectivity index (χ0) is 8.97. The molecule has 0 aliphatic heterocycles. The van der Waals surface area contributed by atoms with Gasteiger partial charge < -0.3 is 15.9 Å². The zero-order valence-electron chi connectivity index (χ0n) is 6.38. The van der Waals surface area contributed by atoms with Crippen molar-refractivity contribution in [1.82, 2.24) is 15.2 Å². The van der Waals surface area contributed by atoms with Crippen LogP contribution in [0.25, 0.3) is 0 Å². The Morgan fingerprint density at radius 2 is 2.33 bits per heavy atom. The van der Waals surface area contributed by atoms with E-state index in [1.165, 1.54) is 6.20 Å². The Hall–Kier alpha value is -1.27. The van der Waals surface area contributed by atoms with E-state index in [0.717, 1.165) is 0 Å². The maximum atomic E-state index is 9.02. The predicted octanol–water partition coefficient (Wildman–Crippen LogP) is -1.65. The number of nitrogens with two attached hydrogens (primary N) is 1. The monoisotopic (exact) mass is 170 g/mol. The lowest BCUT2D eigenvalue weighted by Gasteiger charge is -2.04. The van der Waals surface area contributed by atoms with E-state index in [9.17, 15) is 0 Å². The van der Waals surface area contributed by atoms with Crippen LogP contribution in [0.4, 0.5) is 5.95 Å². The van der Waals surface area contributed by atoms with E-state index in [1.54, 1.807) is 0 Å². The second-order valence-corrected chi connectivity index (χ2v) is 2.35. The molecule has 6 heteroatoms. The Labute approximate surface area is 69.1 Å². The molecule has 0 unspecified atom stereocenters. The van der Waals surface area contributed by atoms with E-state index in [-0.39, 0.29) is 19.0 Å². The minimum absolute atomic E-state index is 0.0673. The highest BCUT2D eigenvalue weighted by molar-refractivity contribution is 5.13. The maximum absolute atomic E-state index is 9.02. The molecule has 1 aromatic heterocycles. The van der Waals surface area contributed by atoms with Gasteiger partial charge in [-0.2, -0.15) is 5.10 Å². The van der Waals surface area contributed by atoms with E-state index >= 15 is 0 Å². The Bertz CT molecular complexity index is 255. The molecule has 66 valence electrons. The molecule has 0 amide bonds. The van der Waals surface area contributed by atoms with Gasteiger partial charge in [0.15, 0.2) is 0 Å². The Balaban J connectivity index is 2.63. The predicted molar refractivity (Wildman–Crippen MR) is 41.0 cm³/mol. The van der Waals surface area contributed by atoms with Gasteiger partial charge in [-0.25, -0.2) is 4.98 Å². The first kappa shape index (κ1) is 8.82. The molecule has 0 radical (unpaired) electrons. The van der Waals surface area contributed by atoms with E-state index in [1.807, 2.05) is 0 Å². The fraction of sp³-hybridized carbons (Fsp3) is 0.500. The lowest BCUT2D eigenvalue weighted by atomic mass is 10.2. The van der Waals surface area contributed by atoms with Crippen molar-refractivity contribution in [2.45, 2.75) is 12.5 Å². The fourth-order valence-corrected chi connectivity index (χ4v) is 0.757. The summed E-state index contributed by atoms with van der Waals surface area (Å²) in [4.78, 5) is 3.79. The first-order valence-corrected chi connectivity index (χ1v) is 3.45. The van der Waals surface area contributed by atoms with Crippen LogP contribution in [0.5, 0.6) is 0 Å². The number of aliphatic hydroxyl groups excluding tert-OH is 2. The molecule has 0 spiro atoms. The number of aliphatic hydroxyl groups is 2. The van der Waals surface area contributed by atoms with Gasteiger partial charge in [-0.05, 0) is 0 Å². The first-order valence-electron chi connectivity index (χ1n) is 3.45. The molecule has 0 aromatic carbocycles. The van der Waals surface area contributed by atoms with Crippen LogP contribution in [0.3, 0.4) is 0 Å². The van der Waals surface area contributed by atoms with Crippen molar-refractivity contribution < 1.29 is 10.2 Å². The van der Waals surface area contributed by atoms with Crippen LogP contribution in [-0.2, 0) is 6.42 Å². The molecular weight excluding hydrogens is 160 g/mol. The normalized spacial score (nSPS) is 12.8. The van der Waals surface area contributed by atoms with Crippen molar-refractivity contribution in [3.05, 3.63) is 11.9 Å². The fourth-order valence-electron chi connectivity index (χ4n) is 0.757. The van der Waals surface area contributed by atoms with Crippen LogP contribution in [0.15, 0.2) is 6.20 Å². The van der Waals surface area contributed by atoms with Crippen molar-refractivity contribution in [2.24, 2.45) is 0 Å². The molecule has 6 nitrogen and oxygen atoms in total. The van der Waals surface area contributed by atoms with Crippen LogP contribution in [-0.4, -0.2) is 38.1 Å². The van der Waals surface area contributed by atoms with Gasteiger partial charge in [0.2, 0.25) is 5.95 Å². The van der Waals surface area contributed by atoms with Gasteiger partial charge in [-0.15, -0.1) is 5.10 Å². The van der Waals surface area contributed by atoms with Crippen molar-refractivity contribution in [1.29, 1.82) is 0 Å². The Kier molecular flexibility index (Phi) is 2.89. The number of aromatic nitrogens is 3. The molecule has 0 aliphatic rings. The topological polar surface area (TPSA) is 105 Å². The summed E-state index contributed by atoms with van der Waals surface area (Å²) in [5, 5.41) is 24.5. The van der Waals surface area contributed by atoms with Gasteiger partial charge >= 0.3 is 0 Å². The number of nitrogen functional groups attached to an aromatic ring is 1. The molecule has 0 aliphatic carbocycles. The summed E-state index contributed by atoms with van der Waals surface area (Å²) in [5.41, 5.74) is 5.76. The van der Waals surface area contributed by atoms with Crippen molar-refractivity contribution in [3.63, 3.8) is 0 Å². The molecule has 0 fully saturated rings. The van der Waals surface area contributed by atoms with Crippen LogP contribution in [0.1, 0.15) is 5.69 Å². The van der Waals surface area contributed by atoms with Crippen LogP contribution in [0, 0.1) is 0 Å². The summed E-state index contributed by atoms with van der Waals surface area (Å²) in [6.07, 6.45) is 0.812. The van der Waals surface area contributed by atoms with Crippen LogP contribution in [0.2, 0.25) is 0 Å². The van der Waals surface area contributed by atoms with E-state index in [2.05, 4.69) is 15.2 Å². The maximum Gasteiger partial charge on any atom is 0.240 e. The van der Waals surface area contributed by atoms with Crippen molar-refractivity contribution in [2.75, 3.05) is 12.3 Å². The number of hydrogen-bond donors (Lipinski definition) is 3. The van der Waals surface area contributed by atoms with Gasteiger partial charge in [0.05, 0.1) is 24.6 Å². The minimum Gasteiger partial charge on any atom is -0.394 e. The number of nitrogens with zero attached hydrogens (tertiary/aromatic N) is 3. The molecule has 1 heterocycles. The summed E-state index contributed by atoms with van der Waals surface area (Å²) in [6, 6.07) is 0. The summed E-state index contributed by atoms with van der Waals surface area (Å²) < 4.78 is 0. The van der Waals surface area contributed by atoms with Gasteiger partial charge in [0.25, 0.3) is 0 Å². The lowest BCUT2D eigenvalue weighted by molar-refractivity contribution is 0.0946. The highest BCUT2D eigenvalue weighted by Crippen LogP contribution is 1.98. The molecular formula is C6H10N4O2. The third kappa shape index (κ3) is 2.40. The minimum atomic E-state index is -0.818. The second-order valence-electron chi connectivity index (χ2n) is 2.35. The standard InChI is InChI=1S/C6H10N4O2/c7-6-9-4(2-8-10-6)1-5(12)3-11/h2,5,11-12H,1,3H2,(H2,7,9,10)/t5-/m0/s1.